The minimum absolute atomic E-state index is 0.274. The van der Waals surface area contributed by atoms with E-state index in [4.69, 9.17) is 5.73 Å². The fourth-order valence-electron chi connectivity index (χ4n) is 2.70. The van der Waals surface area contributed by atoms with Crippen molar-refractivity contribution in [1.82, 2.24) is 14.8 Å². The molecule has 0 aromatic carbocycles. The SMILES string of the molecule is Cc1nnc(SC2C(C)CC(C)CC2N)n1C. The van der Waals surface area contributed by atoms with Gasteiger partial charge in [0.15, 0.2) is 5.16 Å². The van der Waals surface area contributed by atoms with Crippen LogP contribution in [0.5, 0.6) is 0 Å². The molecular weight excluding hydrogens is 232 g/mol. The lowest BCUT2D eigenvalue weighted by Gasteiger charge is -2.36. The van der Waals surface area contributed by atoms with Gasteiger partial charge in [0.05, 0.1) is 0 Å². The van der Waals surface area contributed by atoms with E-state index in [0.29, 0.717) is 11.2 Å². The van der Waals surface area contributed by atoms with Crippen LogP contribution in [-0.2, 0) is 7.05 Å². The smallest absolute Gasteiger partial charge is 0.191 e. The maximum atomic E-state index is 6.29. The van der Waals surface area contributed by atoms with Crippen LogP contribution in [0, 0.1) is 18.8 Å². The average molecular weight is 254 g/mol. The van der Waals surface area contributed by atoms with Gasteiger partial charge in [0.1, 0.15) is 5.82 Å². The highest BCUT2D eigenvalue weighted by atomic mass is 32.2. The zero-order chi connectivity index (χ0) is 12.6. The highest BCUT2D eigenvalue weighted by Gasteiger charge is 2.33. The first-order valence-electron chi connectivity index (χ1n) is 6.27. The summed E-state index contributed by atoms with van der Waals surface area (Å²) in [6.45, 7) is 6.57. The Balaban J connectivity index is 2.10. The molecule has 0 spiro atoms. The summed E-state index contributed by atoms with van der Waals surface area (Å²) < 4.78 is 2.04. The largest absolute Gasteiger partial charge is 0.327 e. The second-order valence-electron chi connectivity index (χ2n) is 5.39. The Hall–Kier alpha value is -0.550. The van der Waals surface area contributed by atoms with Gasteiger partial charge in [-0.15, -0.1) is 10.2 Å². The Kier molecular flexibility index (Phi) is 3.78. The van der Waals surface area contributed by atoms with Gasteiger partial charge in [-0.3, -0.25) is 0 Å². The molecule has 96 valence electrons. The van der Waals surface area contributed by atoms with Crippen LogP contribution in [0.4, 0.5) is 0 Å². The molecular formula is C12H22N4S. The van der Waals surface area contributed by atoms with Crippen molar-refractivity contribution in [3.05, 3.63) is 5.82 Å². The van der Waals surface area contributed by atoms with Crippen molar-refractivity contribution in [3.8, 4) is 0 Å². The Morgan fingerprint density at radius 1 is 1.29 bits per heavy atom. The minimum atomic E-state index is 0.274. The fraction of sp³-hybridized carbons (Fsp3) is 0.833. The van der Waals surface area contributed by atoms with Gasteiger partial charge >= 0.3 is 0 Å². The van der Waals surface area contributed by atoms with Crippen molar-refractivity contribution in [1.29, 1.82) is 0 Å². The quantitative estimate of drug-likeness (QED) is 0.877. The minimum Gasteiger partial charge on any atom is -0.327 e. The number of aromatic nitrogens is 3. The topological polar surface area (TPSA) is 56.7 Å². The van der Waals surface area contributed by atoms with Crippen molar-refractivity contribution in [2.75, 3.05) is 0 Å². The molecule has 0 saturated heterocycles. The molecule has 0 amide bonds. The number of nitrogens with zero attached hydrogens (tertiary/aromatic N) is 3. The van der Waals surface area contributed by atoms with E-state index < -0.39 is 0 Å². The molecule has 4 nitrogen and oxygen atoms in total. The summed E-state index contributed by atoms with van der Waals surface area (Å²) in [7, 11) is 2.01. The number of rotatable bonds is 2. The van der Waals surface area contributed by atoms with E-state index in [0.717, 1.165) is 23.3 Å². The lowest BCUT2D eigenvalue weighted by Crippen LogP contribution is -2.43. The average Bonchev–Trinajstić information content (AvgIpc) is 2.54. The van der Waals surface area contributed by atoms with Crippen LogP contribution in [0.3, 0.4) is 0 Å². The summed E-state index contributed by atoms with van der Waals surface area (Å²) in [5.41, 5.74) is 6.29. The van der Waals surface area contributed by atoms with E-state index in [1.807, 2.05) is 18.5 Å². The van der Waals surface area contributed by atoms with Crippen molar-refractivity contribution in [2.24, 2.45) is 24.6 Å². The molecule has 17 heavy (non-hydrogen) atoms. The van der Waals surface area contributed by atoms with Crippen molar-refractivity contribution in [3.63, 3.8) is 0 Å². The Labute approximate surface area is 107 Å². The van der Waals surface area contributed by atoms with Gasteiger partial charge in [0.2, 0.25) is 0 Å². The van der Waals surface area contributed by atoms with E-state index in [2.05, 4.69) is 24.0 Å². The second kappa shape index (κ2) is 4.98. The van der Waals surface area contributed by atoms with E-state index >= 15 is 0 Å². The van der Waals surface area contributed by atoms with Gasteiger partial charge in [-0.1, -0.05) is 25.6 Å². The molecule has 1 heterocycles. The summed E-state index contributed by atoms with van der Waals surface area (Å²) in [6.07, 6.45) is 2.39. The van der Waals surface area contributed by atoms with E-state index in [9.17, 15) is 0 Å². The summed E-state index contributed by atoms with van der Waals surface area (Å²) >= 11 is 1.79. The molecule has 1 aliphatic rings. The van der Waals surface area contributed by atoms with Crippen molar-refractivity contribution in [2.45, 2.75) is 50.1 Å². The van der Waals surface area contributed by atoms with Gasteiger partial charge in [0.25, 0.3) is 0 Å². The van der Waals surface area contributed by atoms with Gasteiger partial charge in [0, 0.05) is 18.3 Å². The number of hydrogen-bond acceptors (Lipinski definition) is 4. The lowest BCUT2D eigenvalue weighted by molar-refractivity contribution is 0.279. The zero-order valence-corrected chi connectivity index (χ0v) is 11.9. The van der Waals surface area contributed by atoms with Gasteiger partial charge in [-0.05, 0) is 31.6 Å². The van der Waals surface area contributed by atoms with Gasteiger partial charge in [-0.2, -0.15) is 0 Å². The zero-order valence-electron chi connectivity index (χ0n) is 11.1. The van der Waals surface area contributed by atoms with Crippen LogP contribution >= 0.6 is 11.8 Å². The van der Waals surface area contributed by atoms with E-state index in [1.165, 1.54) is 6.42 Å². The van der Waals surface area contributed by atoms with Crippen LogP contribution < -0.4 is 5.73 Å². The first-order chi connectivity index (χ1) is 7.99. The number of hydrogen-bond donors (Lipinski definition) is 1. The first kappa shape index (κ1) is 12.9. The molecule has 0 aliphatic heterocycles. The Morgan fingerprint density at radius 2 is 2.00 bits per heavy atom. The highest BCUT2D eigenvalue weighted by Crippen LogP contribution is 2.38. The summed E-state index contributed by atoms with van der Waals surface area (Å²) in [4.78, 5) is 0. The molecule has 1 aromatic rings. The van der Waals surface area contributed by atoms with E-state index in [-0.39, 0.29) is 6.04 Å². The number of thioether (sulfide) groups is 1. The predicted octanol–water partition coefficient (Wildman–Crippen LogP) is 1.98. The third-order valence-electron chi connectivity index (χ3n) is 3.73. The molecule has 2 rings (SSSR count). The standard InChI is InChI=1S/C12H22N4S/c1-7-5-8(2)11(10(13)6-7)17-12-15-14-9(3)16(12)4/h7-8,10-11H,5-6,13H2,1-4H3. The van der Waals surface area contributed by atoms with Crippen LogP contribution in [0.25, 0.3) is 0 Å². The van der Waals surface area contributed by atoms with Crippen LogP contribution in [0.1, 0.15) is 32.5 Å². The molecule has 1 aliphatic carbocycles. The molecule has 1 saturated carbocycles. The van der Waals surface area contributed by atoms with Crippen LogP contribution in [0.2, 0.25) is 0 Å². The number of nitrogens with two attached hydrogens (primary N) is 1. The third-order valence-corrected chi connectivity index (χ3v) is 5.38. The number of aryl methyl sites for hydroxylation is 1. The molecule has 1 fully saturated rings. The molecule has 0 radical (unpaired) electrons. The molecule has 5 heteroatoms. The highest BCUT2D eigenvalue weighted by molar-refractivity contribution is 7.99. The van der Waals surface area contributed by atoms with Crippen LogP contribution in [0.15, 0.2) is 5.16 Å². The third kappa shape index (κ3) is 2.65. The normalized spacial score (nSPS) is 33.9. The Bertz CT molecular complexity index is 378. The monoisotopic (exact) mass is 254 g/mol. The molecule has 4 unspecified atom stereocenters. The fourth-order valence-corrected chi connectivity index (χ4v) is 3.95. The van der Waals surface area contributed by atoms with Gasteiger partial charge in [-0.25, -0.2) is 0 Å². The van der Waals surface area contributed by atoms with Gasteiger partial charge < -0.3 is 10.3 Å². The molecule has 2 N–H and O–H groups in total. The maximum Gasteiger partial charge on any atom is 0.191 e. The van der Waals surface area contributed by atoms with Crippen molar-refractivity contribution >= 4 is 11.8 Å². The van der Waals surface area contributed by atoms with Crippen molar-refractivity contribution < 1.29 is 0 Å². The Morgan fingerprint density at radius 3 is 2.53 bits per heavy atom. The predicted molar refractivity (Wildman–Crippen MR) is 70.9 cm³/mol. The molecule has 1 aromatic heterocycles. The summed E-state index contributed by atoms with van der Waals surface area (Å²) in [5.74, 6) is 2.35. The summed E-state index contributed by atoms with van der Waals surface area (Å²) in [5, 5.41) is 9.77. The van der Waals surface area contributed by atoms with E-state index in [1.54, 1.807) is 11.8 Å². The first-order valence-corrected chi connectivity index (χ1v) is 7.15. The molecule has 0 bridgehead atoms. The molecule has 4 atom stereocenters. The summed E-state index contributed by atoms with van der Waals surface area (Å²) in [6, 6.07) is 0.274. The maximum absolute atomic E-state index is 6.29. The lowest BCUT2D eigenvalue weighted by atomic mass is 9.80. The van der Waals surface area contributed by atoms with Crippen LogP contribution in [-0.4, -0.2) is 26.1 Å². The second-order valence-corrected chi connectivity index (χ2v) is 6.53.